The van der Waals surface area contributed by atoms with Gasteiger partial charge in [0.15, 0.2) is 0 Å². The van der Waals surface area contributed by atoms with E-state index in [1.54, 1.807) is 15.9 Å². The van der Waals surface area contributed by atoms with Crippen molar-refractivity contribution in [3.8, 4) is 0 Å². The van der Waals surface area contributed by atoms with E-state index in [9.17, 15) is 23.6 Å². The lowest BCUT2D eigenvalue weighted by atomic mass is 10.2. The van der Waals surface area contributed by atoms with Crippen molar-refractivity contribution in [1.82, 2.24) is 29.0 Å². The van der Waals surface area contributed by atoms with E-state index in [1.807, 2.05) is 6.92 Å². The Morgan fingerprint density at radius 2 is 2.06 bits per heavy atom. The molecule has 3 aromatic heterocycles. The number of hydrogen-bond donors (Lipinski definition) is 1. The van der Waals surface area contributed by atoms with Crippen LogP contribution in [0.3, 0.4) is 0 Å². The van der Waals surface area contributed by atoms with Crippen LogP contribution in [0, 0.1) is 5.82 Å². The predicted octanol–water partition coefficient (Wildman–Crippen LogP) is 0.808. The average Bonchev–Trinajstić information content (AvgIpc) is 3.55. The maximum Gasteiger partial charge on any atom is 0.280 e. The van der Waals surface area contributed by atoms with Crippen molar-refractivity contribution in [3.05, 3.63) is 57.5 Å². The lowest BCUT2D eigenvalue weighted by Gasteiger charge is -2.24. The minimum atomic E-state index is -0.532. The molecule has 0 radical (unpaired) electrons. The summed E-state index contributed by atoms with van der Waals surface area (Å²) in [4.78, 5) is 58.6. The van der Waals surface area contributed by atoms with E-state index in [4.69, 9.17) is 0 Å². The Labute approximate surface area is 199 Å². The molecule has 1 saturated heterocycles. The first-order valence-electron chi connectivity index (χ1n) is 11.4. The molecule has 5 rings (SSSR count). The molecule has 2 aliphatic rings. The Balaban J connectivity index is 1.53. The largest absolute Gasteiger partial charge is 0.341 e. The summed E-state index contributed by atoms with van der Waals surface area (Å²) < 4.78 is 15.9. The Hall–Kier alpha value is -4.09. The SMILES string of the molecule is CCc1cc2n(CC(=O)Nc3ccc(F)cn3)c3c(c(=O)n2n1)CN(C1CCN(C(C)=O)C1)C3=O. The predicted molar refractivity (Wildman–Crippen MR) is 122 cm³/mol. The standard InChI is InChI=1S/C23H24FN7O4/c1-3-15-8-20-30(12-19(33)26-18-5-4-14(24)9-25-18)21-17(22(34)31(20)27-15)11-29(23(21)35)16-6-7-28(10-16)13(2)32/h4-5,8-9,16H,3,6-7,10-12H2,1-2H3,(H,25,26,33). The number of nitrogens with zero attached hydrogens (tertiary/aromatic N) is 6. The summed E-state index contributed by atoms with van der Waals surface area (Å²) in [6.45, 7) is 4.13. The van der Waals surface area contributed by atoms with E-state index in [1.165, 1.54) is 28.1 Å². The Kier molecular flexibility index (Phi) is 5.58. The fourth-order valence-corrected chi connectivity index (χ4v) is 4.72. The fourth-order valence-electron chi connectivity index (χ4n) is 4.72. The van der Waals surface area contributed by atoms with E-state index in [0.717, 1.165) is 6.20 Å². The van der Waals surface area contributed by atoms with Gasteiger partial charge in [-0.2, -0.15) is 9.61 Å². The van der Waals surface area contributed by atoms with E-state index in [0.29, 0.717) is 37.3 Å². The molecule has 182 valence electrons. The van der Waals surface area contributed by atoms with Gasteiger partial charge >= 0.3 is 0 Å². The van der Waals surface area contributed by atoms with Crippen molar-refractivity contribution in [1.29, 1.82) is 0 Å². The number of amides is 3. The second-order valence-corrected chi connectivity index (χ2v) is 8.73. The molecule has 11 nitrogen and oxygen atoms in total. The second-order valence-electron chi connectivity index (χ2n) is 8.73. The molecule has 0 aromatic carbocycles. The molecule has 12 heteroatoms. The van der Waals surface area contributed by atoms with Crippen molar-refractivity contribution in [3.63, 3.8) is 0 Å². The molecule has 1 fully saturated rings. The van der Waals surface area contributed by atoms with Crippen molar-refractivity contribution < 1.29 is 18.8 Å². The summed E-state index contributed by atoms with van der Waals surface area (Å²) >= 11 is 0. The zero-order valence-corrected chi connectivity index (χ0v) is 19.3. The Morgan fingerprint density at radius 1 is 1.26 bits per heavy atom. The number of hydrogen-bond acceptors (Lipinski definition) is 6. The van der Waals surface area contributed by atoms with Gasteiger partial charge in [0.2, 0.25) is 11.8 Å². The molecule has 0 aliphatic carbocycles. The number of aromatic nitrogens is 4. The number of anilines is 1. The maximum atomic E-state index is 13.6. The van der Waals surface area contributed by atoms with Gasteiger partial charge < -0.3 is 19.7 Å². The number of pyridine rings is 1. The van der Waals surface area contributed by atoms with Gasteiger partial charge in [0, 0.05) is 26.1 Å². The van der Waals surface area contributed by atoms with Crippen molar-refractivity contribution in [2.24, 2.45) is 0 Å². The Bertz CT molecular complexity index is 1410. The molecule has 0 bridgehead atoms. The highest BCUT2D eigenvalue weighted by Crippen LogP contribution is 2.28. The number of carbonyl (C=O) groups excluding carboxylic acids is 3. The third-order valence-electron chi connectivity index (χ3n) is 6.52. The molecule has 35 heavy (non-hydrogen) atoms. The minimum absolute atomic E-state index is 0.0622. The van der Waals surface area contributed by atoms with Gasteiger partial charge in [-0.3, -0.25) is 19.2 Å². The van der Waals surface area contributed by atoms with E-state index < -0.39 is 17.3 Å². The monoisotopic (exact) mass is 481 g/mol. The smallest absolute Gasteiger partial charge is 0.280 e. The molecular formula is C23H24FN7O4. The first-order chi connectivity index (χ1) is 16.8. The van der Waals surface area contributed by atoms with Gasteiger partial charge in [-0.15, -0.1) is 0 Å². The van der Waals surface area contributed by atoms with Gasteiger partial charge in [-0.25, -0.2) is 9.37 Å². The lowest BCUT2D eigenvalue weighted by molar-refractivity contribution is -0.128. The summed E-state index contributed by atoms with van der Waals surface area (Å²) in [6, 6.07) is 3.98. The topological polar surface area (TPSA) is 122 Å². The first kappa shape index (κ1) is 22.7. The first-order valence-corrected chi connectivity index (χ1v) is 11.4. The number of fused-ring (bicyclic) bond motifs is 2. The molecule has 3 aromatic rings. The number of nitrogens with one attached hydrogen (secondary N) is 1. The van der Waals surface area contributed by atoms with Crippen LogP contribution in [-0.4, -0.2) is 65.8 Å². The van der Waals surface area contributed by atoms with Crippen molar-refractivity contribution >= 4 is 29.2 Å². The van der Waals surface area contributed by atoms with Gasteiger partial charge in [-0.1, -0.05) is 6.92 Å². The lowest BCUT2D eigenvalue weighted by Crippen LogP contribution is -2.39. The summed E-state index contributed by atoms with van der Waals surface area (Å²) in [5.74, 6) is -1.29. The molecule has 1 unspecified atom stereocenters. The third-order valence-corrected chi connectivity index (χ3v) is 6.52. The number of likely N-dealkylation sites (tertiary alicyclic amines) is 1. The highest BCUT2D eigenvalue weighted by Gasteiger charge is 2.41. The van der Waals surface area contributed by atoms with E-state index in [2.05, 4.69) is 15.4 Å². The molecule has 0 spiro atoms. The number of aryl methyl sites for hydroxylation is 1. The van der Waals surface area contributed by atoms with Crippen LogP contribution in [0.25, 0.3) is 5.65 Å². The van der Waals surface area contributed by atoms with Crippen LogP contribution in [0.15, 0.2) is 29.2 Å². The van der Waals surface area contributed by atoms with Crippen LogP contribution >= 0.6 is 0 Å². The summed E-state index contributed by atoms with van der Waals surface area (Å²) in [5, 5.41) is 6.96. The number of carbonyl (C=O) groups is 3. The molecule has 3 amide bonds. The molecular weight excluding hydrogens is 457 g/mol. The molecule has 1 atom stereocenters. The van der Waals surface area contributed by atoms with Crippen LogP contribution < -0.4 is 10.9 Å². The van der Waals surface area contributed by atoms with Gasteiger partial charge in [-0.05, 0) is 25.0 Å². The molecule has 2 aliphatic heterocycles. The summed E-state index contributed by atoms with van der Waals surface area (Å²) in [5.41, 5.74) is 0.997. The van der Waals surface area contributed by atoms with Crippen LogP contribution in [0.5, 0.6) is 0 Å². The van der Waals surface area contributed by atoms with Crippen LogP contribution in [0.2, 0.25) is 0 Å². The minimum Gasteiger partial charge on any atom is -0.341 e. The van der Waals surface area contributed by atoms with Gasteiger partial charge in [0.25, 0.3) is 11.5 Å². The van der Waals surface area contributed by atoms with Crippen molar-refractivity contribution in [2.75, 3.05) is 18.4 Å². The maximum absolute atomic E-state index is 13.6. The second kappa shape index (κ2) is 8.60. The van der Waals surface area contributed by atoms with Crippen LogP contribution in [0.4, 0.5) is 10.2 Å². The molecule has 1 N–H and O–H groups in total. The van der Waals surface area contributed by atoms with Gasteiger partial charge in [0.05, 0.1) is 30.0 Å². The number of halogens is 1. The average molecular weight is 481 g/mol. The molecule has 5 heterocycles. The van der Waals surface area contributed by atoms with Crippen molar-refractivity contribution in [2.45, 2.75) is 45.8 Å². The van der Waals surface area contributed by atoms with Crippen LogP contribution in [-0.2, 0) is 29.1 Å². The third kappa shape index (κ3) is 3.94. The zero-order valence-electron chi connectivity index (χ0n) is 19.3. The zero-order chi connectivity index (χ0) is 24.9. The number of rotatable bonds is 5. The van der Waals surface area contributed by atoms with Crippen LogP contribution in [0.1, 0.15) is 42.0 Å². The summed E-state index contributed by atoms with van der Waals surface area (Å²) in [6.07, 6.45) is 2.17. The highest BCUT2D eigenvalue weighted by atomic mass is 19.1. The quantitative estimate of drug-likeness (QED) is 0.576. The highest BCUT2D eigenvalue weighted by molar-refractivity contribution is 5.99. The Morgan fingerprint density at radius 3 is 2.71 bits per heavy atom. The van der Waals surface area contributed by atoms with E-state index >= 15 is 0 Å². The van der Waals surface area contributed by atoms with E-state index in [-0.39, 0.29) is 48.0 Å². The summed E-state index contributed by atoms with van der Waals surface area (Å²) in [7, 11) is 0. The normalized spacial score (nSPS) is 17.3. The van der Waals surface area contributed by atoms with Gasteiger partial charge in [0.1, 0.15) is 29.5 Å². The fraction of sp³-hybridized carbons (Fsp3) is 0.391. The molecule has 0 saturated carbocycles.